The number of para-hydroxylation sites is 2. The smallest absolute Gasteiger partial charge is 0.308 e. The van der Waals surface area contributed by atoms with Gasteiger partial charge in [0.1, 0.15) is 11.6 Å². The minimum Gasteiger partial charge on any atom is -0.308 e. The molecule has 10 rings (SSSR count). The van der Waals surface area contributed by atoms with E-state index in [1.807, 2.05) is 118 Å². The van der Waals surface area contributed by atoms with Crippen LogP contribution in [0.15, 0.2) is 176 Å². The molecule has 0 amide bonds. The van der Waals surface area contributed by atoms with Crippen molar-refractivity contribution in [1.82, 2.24) is 9.13 Å². The van der Waals surface area contributed by atoms with Gasteiger partial charge in [-0.25, -0.2) is 4.85 Å². The lowest BCUT2D eigenvalue weighted by atomic mass is 9.94. The molecule has 0 saturated heterocycles. The summed E-state index contributed by atoms with van der Waals surface area (Å²) in [6.07, 6.45) is -4.76. The summed E-state index contributed by atoms with van der Waals surface area (Å²) in [6.45, 7) is 8.04. The fourth-order valence-electron chi connectivity index (χ4n) is 8.48. The van der Waals surface area contributed by atoms with Crippen molar-refractivity contribution in [2.75, 3.05) is 0 Å². The minimum atomic E-state index is -4.76. The molecule has 0 aliphatic carbocycles. The van der Waals surface area contributed by atoms with Gasteiger partial charge in [0.05, 0.1) is 45.6 Å². The van der Waals surface area contributed by atoms with Crippen LogP contribution in [0.1, 0.15) is 11.1 Å². The summed E-state index contributed by atoms with van der Waals surface area (Å²) in [5.41, 5.74) is 6.92. The molecule has 2 aromatic heterocycles. The van der Waals surface area contributed by atoms with E-state index in [4.69, 9.17) is 6.57 Å². The molecule has 0 fully saturated rings. The lowest BCUT2D eigenvalue weighted by Crippen LogP contribution is -2.09. The van der Waals surface area contributed by atoms with Gasteiger partial charge in [0.15, 0.2) is 5.69 Å². The van der Waals surface area contributed by atoms with Gasteiger partial charge in [-0.3, -0.25) is 0 Å². The van der Waals surface area contributed by atoms with E-state index < -0.39 is 11.7 Å². The Balaban J connectivity index is 1.39. The first-order valence-electron chi connectivity index (χ1n) is 18.7. The van der Waals surface area contributed by atoms with Crippen LogP contribution in [0.2, 0.25) is 0 Å². The Morgan fingerprint density at radius 1 is 0.466 bits per heavy atom. The predicted octanol–water partition coefficient (Wildman–Crippen LogP) is 14.3. The van der Waals surface area contributed by atoms with Gasteiger partial charge in [-0.05, 0) is 69.8 Å². The fraction of sp³-hybridized carbons (Fsp3) is 0.0196. The molecule has 2 heterocycles. The summed E-state index contributed by atoms with van der Waals surface area (Å²) in [6, 6.07) is 57.5. The highest BCUT2D eigenvalue weighted by atomic mass is 19.4. The first-order valence-corrected chi connectivity index (χ1v) is 18.7. The normalized spacial score (nSPS) is 11.7. The molecule has 0 aliphatic rings. The van der Waals surface area contributed by atoms with Crippen molar-refractivity contribution in [3.8, 4) is 50.8 Å². The van der Waals surface area contributed by atoms with Crippen LogP contribution in [-0.2, 0) is 6.18 Å². The number of aromatic nitrogens is 2. The summed E-state index contributed by atoms with van der Waals surface area (Å²) < 4.78 is 49.0. The number of rotatable bonds is 5. The monoisotopic (exact) mass is 754 g/mol. The van der Waals surface area contributed by atoms with Crippen LogP contribution >= 0.6 is 0 Å². The Bertz CT molecular complexity index is 3160. The average Bonchev–Trinajstić information content (AvgIpc) is 3.78. The third-order valence-corrected chi connectivity index (χ3v) is 11.0. The van der Waals surface area contributed by atoms with Gasteiger partial charge in [-0.15, -0.1) is 0 Å². The molecule has 58 heavy (non-hydrogen) atoms. The van der Waals surface area contributed by atoms with E-state index in [0.717, 1.165) is 71.9 Å². The van der Waals surface area contributed by atoms with Crippen molar-refractivity contribution in [3.05, 3.63) is 198 Å². The predicted molar refractivity (Wildman–Crippen MR) is 227 cm³/mol. The molecule has 0 saturated carbocycles. The number of fused-ring (bicyclic) bond motifs is 6. The quantitative estimate of drug-likeness (QED) is 0.161. The second-order valence-corrected chi connectivity index (χ2v) is 14.2. The Morgan fingerprint density at radius 2 is 0.931 bits per heavy atom. The lowest BCUT2D eigenvalue weighted by molar-refractivity contribution is -0.137. The van der Waals surface area contributed by atoms with Crippen molar-refractivity contribution in [2.45, 2.75) is 6.18 Å². The number of halogens is 3. The second kappa shape index (κ2) is 13.4. The van der Waals surface area contributed by atoms with Gasteiger partial charge >= 0.3 is 6.18 Å². The summed E-state index contributed by atoms with van der Waals surface area (Å²) in [5, 5.41) is 15.1. The van der Waals surface area contributed by atoms with Crippen molar-refractivity contribution in [3.63, 3.8) is 0 Å². The van der Waals surface area contributed by atoms with Crippen molar-refractivity contribution in [2.24, 2.45) is 0 Å². The molecule has 8 aromatic carbocycles. The van der Waals surface area contributed by atoms with Gasteiger partial charge in [0.2, 0.25) is 0 Å². The summed E-state index contributed by atoms with van der Waals surface area (Å²) >= 11 is 0. The molecule has 0 N–H and O–H groups in total. The third kappa shape index (κ3) is 5.44. The third-order valence-electron chi connectivity index (χ3n) is 11.0. The van der Waals surface area contributed by atoms with Crippen LogP contribution in [0.25, 0.3) is 93.2 Å². The van der Waals surface area contributed by atoms with E-state index in [1.165, 1.54) is 12.1 Å². The number of alkyl halides is 3. The molecule has 0 bridgehead atoms. The largest absolute Gasteiger partial charge is 0.415 e. The SMILES string of the molecule is [C-]#[N+]c1cccc(C(F)(F)F)c1-c1cc(-n2c3ccccc3c3ccc(-c4ccccc4)cc32)c(C#N)c(-n2c3ccccc3c3ccc(-c4ccccc4)cc32)c1. The van der Waals surface area contributed by atoms with Crippen LogP contribution in [0.3, 0.4) is 0 Å². The molecule has 274 valence electrons. The molecule has 0 radical (unpaired) electrons. The molecule has 10 aromatic rings. The maximum Gasteiger partial charge on any atom is 0.415 e. The maximum atomic E-state index is 15.0. The Morgan fingerprint density at radius 3 is 1.40 bits per heavy atom. The van der Waals surface area contributed by atoms with Crippen LogP contribution in [0.5, 0.6) is 0 Å². The highest BCUT2D eigenvalue weighted by Crippen LogP contribution is 2.46. The molecule has 0 aliphatic heterocycles. The summed E-state index contributed by atoms with van der Waals surface area (Å²) in [5.74, 6) is 0. The second-order valence-electron chi connectivity index (χ2n) is 14.2. The van der Waals surface area contributed by atoms with E-state index in [1.54, 1.807) is 12.1 Å². The minimum absolute atomic E-state index is 0.140. The average molecular weight is 755 g/mol. The molecular formula is C51H29F3N4. The van der Waals surface area contributed by atoms with Gasteiger partial charge in [0.25, 0.3) is 0 Å². The van der Waals surface area contributed by atoms with Crippen LogP contribution < -0.4 is 0 Å². The number of nitrogens with zero attached hydrogens (tertiary/aromatic N) is 4. The van der Waals surface area contributed by atoms with Gasteiger partial charge in [0, 0.05) is 21.5 Å². The zero-order chi connectivity index (χ0) is 39.5. The topological polar surface area (TPSA) is 38.0 Å². The van der Waals surface area contributed by atoms with Gasteiger partial charge < -0.3 is 9.13 Å². The summed E-state index contributed by atoms with van der Waals surface area (Å²) in [7, 11) is 0. The van der Waals surface area contributed by atoms with E-state index >= 15 is 13.2 Å². The van der Waals surface area contributed by atoms with Crippen LogP contribution in [-0.4, -0.2) is 9.13 Å². The van der Waals surface area contributed by atoms with E-state index in [0.29, 0.717) is 11.4 Å². The first kappa shape index (κ1) is 34.6. The van der Waals surface area contributed by atoms with Crippen LogP contribution in [0, 0.1) is 17.9 Å². The fourth-order valence-corrected chi connectivity index (χ4v) is 8.48. The molecule has 0 unspecified atom stereocenters. The standard InChI is InChI=1S/C51H29F3N4/c1-56-43-20-12-19-42(51(52,53)54)50(43)36-29-48(57-44-21-10-8-17-37(44)39-25-23-34(27-46(39)57)32-13-4-2-5-14-32)41(31-55)49(30-36)58-45-22-11-9-18-38(45)40-26-24-35(28-47(40)58)33-15-6-3-7-16-33/h2-30H. The zero-order valence-corrected chi connectivity index (χ0v) is 30.7. The molecule has 4 nitrogen and oxygen atoms in total. The van der Waals surface area contributed by atoms with E-state index in [-0.39, 0.29) is 22.4 Å². The maximum absolute atomic E-state index is 15.0. The molecule has 0 spiro atoms. The number of nitriles is 1. The highest BCUT2D eigenvalue weighted by molar-refractivity contribution is 6.12. The van der Waals surface area contributed by atoms with Gasteiger partial charge in [-0.1, -0.05) is 140 Å². The van der Waals surface area contributed by atoms with E-state index in [9.17, 15) is 5.26 Å². The molecule has 0 atom stereocenters. The van der Waals surface area contributed by atoms with Crippen molar-refractivity contribution in [1.29, 1.82) is 5.26 Å². The first-order chi connectivity index (χ1) is 28.3. The number of hydrogen-bond acceptors (Lipinski definition) is 1. The van der Waals surface area contributed by atoms with Crippen molar-refractivity contribution < 1.29 is 13.2 Å². The molecule has 7 heteroatoms. The van der Waals surface area contributed by atoms with E-state index in [2.05, 4.69) is 47.3 Å². The zero-order valence-electron chi connectivity index (χ0n) is 30.7. The molecular weight excluding hydrogens is 726 g/mol. The number of hydrogen-bond donors (Lipinski definition) is 0. The summed E-state index contributed by atoms with van der Waals surface area (Å²) in [4.78, 5) is 3.61. The van der Waals surface area contributed by atoms with Crippen molar-refractivity contribution >= 4 is 49.3 Å². The number of benzene rings is 8. The highest BCUT2D eigenvalue weighted by Gasteiger charge is 2.35. The van der Waals surface area contributed by atoms with Gasteiger partial charge in [-0.2, -0.15) is 18.4 Å². The Kier molecular flexibility index (Phi) is 8.00. The Hall–Kier alpha value is -7.87. The van der Waals surface area contributed by atoms with Crippen LogP contribution in [0.4, 0.5) is 18.9 Å². The lowest BCUT2D eigenvalue weighted by Gasteiger charge is -2.21. The Labute approximate surface area is 331 Å².